The molecule has 3 rings (SSSR count). The van der Waals surface area contributed by atoms with Gasteiger partial charge >= 0.3 is 0 Å². The van der Waals surface area contributed by atoms with Crippen LogP contribution >= 0.6 is 0 Å². The average molecular weight is 408 g/mol. The summed E-state index contributed by atoms with van der Waals surface area (Å²) in [5.74, 6) is -0.827. The zero-order valence-electron chi connectivity index (χ0n) is 14.9. The Bertz CT molecular complexity index is 1050. The predicted octanol–water partition coefficient (Wildman–Crippen LogP) is 2.43. The van der Waals surface area contributed by atoms with Crippen molar-refractivity contribution in [3.63, 3.8) is 0 Å². The molecule has 28 heavy (non-hydrogen) atoms. The highest BCUT2D eigenvalue weighted by atomic mass is 32.2. The van der Waals surface area contributed by atoms with Gasteiger partial charge in [0.15, 0.2) is 11.6 Å². The van der Waals surface area contributed by atoms with Gasteiger partial charge in [-0.05, 0) is 24.3 Å². The Hall–Kier alpha value is -3.08. The number of benzene rings is 1. The van der Waals surface area contributed by atoms with Crippen LogP contribution in [0, 0.1) is 11.6 Å². The maximum atomic E-state index is 13.2. The highest BCUT2D eigenvalue weighted by molar-refractivity contribution is 7.92. The third-order valence-electron chi connectivity index (χ3n) is 3.89. The van der Waals surface area contributed by atoms with Crippen LogP contribution in [0.25, 0.3) is 0 Å². The van der Waals surface area contributed by atoms with E-state index in [1.54, 1.807) is 6.33 Å². The first-order valence-electron chi connectivity index (χ1n) is 8.43. The third-order valence-corrected chi connectivity index (χ3v) is 5.26. The Morgan fingerprint density at radius 1 is 1.14 bits per heavy atom. The summed E-state index contributed by atoms with van der Waals surface area (Å²) in [6, 6.07) is 5.64. The fourth-order valence-electron chi connectivity index (χ4n) is 2.46. The molecule has 2 heterocycles. The maximum absolute atomic E-state index is 13.2. The van der Waals surface area contributed by atoms with Crippen molar-refractivity contribution in [2.24, 2.45) is 0 Å². The highest BCUT2D eigenvalue weighted by Gasteiger charge is 2.16. The number of rotatable bonds is 8. The molecule has 0 saturated heterocycles. The normalized spacial score (nSPS) is 11.4. The summed E-state index contributed by atoms with van der Waals surface area (Å²) in [5, 5.41) is 10.9. The first-order valence-corrected chi connectivity index (χ1v) is 9.92. The molecule has 0 amide bonds. The van der Waals surface area contributed by atoms with E-state index in [1.165, 1.54) is 18.3 Å². The van der Waals surface area contributed by atoms with Crippen molar-refractivity contribution in [1.29, 1.82) is 0 Å². The van der Waals surface area contributed by atoms with Gasteiger partial charge in [-0.1, -0.05) is 6.92 Å². The summed E-state index contributed by atoms with van der Waals surface area (Å²) in [7, 11) is -3.97. The summed E-state index contributed by atoms with van der Waals surface area (Å²) in [4.78, 5) is 3.97. The first kappa shape index (κ1) is 19.7. The number of hydrogen-bond donors (Lipinski definition) is 2. The number of aryl methyl sites for hydroxylation is 1. The number of hydrogen-bond acceptors (Lipinski definition) is 6. The SMILES string of the molecule is CCc1nncn1CCNc1ccc(S(=O)(=O)Nc2ccc(F)c(F)c2)cn1. The van der Waals surface area contributed by atoms with Crippen LogP contribution in [0.2, 0.25) is 0 Å². The van der Waals surface area contributed by atoms with Crippen LogP contribution in [0.5, 0.6) is 0 Å². The van der Waals surface area contributed by atoms with E-state index < -0.39 is 21.7 Å². The Labute approximate surface area is 160 Å². The Balaban J connectivity index is 1.61. The lowest BCUT2D eigenvalue weighted by atomic mass is 10.3. The number of nitrogens with one attached hydrogen (secondary N) is 2. The van der Waals surface area contributed by atoms with Gasteiger partial charge in [-0.2, -0.15) is 0 Å². The fraction of sp³-hybridized carbons (Fsp3) is 0.235. The van der Waals surface area contributed by atoms with E-state index in [4.69, 9.17) is 0 Å². The Kier molecular flexibility index (Phi) is 5.83. The van der Waals surface area contributed by atoms with Crippen LogP contribution in [-0.2, 0) is 23.0 Å². The number of aromatic nitrogens is 4. The van der Waals surface area contributed by atoms with Crippen molar-refractivity contribution in [1.82, 2.24) is 19.7 Å². The van der Waals surface area contributed by atoms with Crippen LogP contribution in [0.4, 0.5) is 20.3 Å². The summed E-state index contributed by atoms with van der Waals surface area (Å²) >= 11 is 0. The molecule has 0 aliphatic rings. The topological polar surface area (TPSA) is 102 Å². The molecule has 8 nitrogen and oxygen atoms in total. The van der Waals surface area contributed by atoms with Gasteiger partial charge in [0.05, 0.1) is 5.69 Å². The summed E-state index contributed by atoms with van der Waals surface area (Å²) in [5.41, 5.74) is -0.0817. The molecule has 0 fully saturated rings. The van der Waals surface area contributed by atoms with Gasteiger partial charge < -0.3 is 9.88 Å². The lowest BCUT2D eigenvalue weighted by Crippen LogP contribution is -2.15. The molecule has 11 heteroatoms. The standard InChI is InChI=1S/C17H18F2N6O2S/c1-2-17-23-22-11-25(17)8-7-20-16-6-4-13(10-21-16)28(26,27)24-12-3-5-14(18)15(19)9-12/h3-6,9-11,24H,2,7-8H2,1H3,(H,20,21). The van der Waals surface area contributed by atoms with Crippen molar-refractivity contribution >= 4 is 21.5 Å². The van der Waals surface area contributed by atoms with Crippen molar-refractivity contribution in [3.8, 4) is 0 Å². The van der Waals surface area contributed by atoms with Crippen molar-refractivity contribution < 1.29 is 17.2 Å². The monoisotopic (exact) mass is 408 g/mol. The second-order valence-corrected chi connectivity index (χ2v) is 7.52. The van der Waals surface area contributed by atoms with Crippen LogP contribution in [-0.4, -0.2) is 34.7 Å². The van der Waals surface area contributed by atoms with Gasteiger partial charge in [-0.25, -0.2) is 22.2 Å². The molecule has 0 aliphatic heterocycles. The Morgan fingerprint density at radius 3 is 2.64 bits per heavy atom. The molecular weight excluding hydrogens is 390 g/mol. The van der Waals surface area contributed by atoms with Crippen LogP contribution < -0.4 is 10.0 Å². The quantitative estimate of drug-likeness (QED) is 0.594. The summed E-state index contributed by atoms with van der Waals surface area (Å²) in [6.07, 6.45) is 3.60. The molecule has 0 bridgehead atoms. The first-order chi connectivity index (χ1) is 13.4. The van der Waals surface area contributed by atoms with Gasteiger partial charge in [0.2, 0.25) is 0 Å². The maximum Gasteiger partial charge on any atom is 0.263 e. The average Bonchev–Trinajstić information content (AvgIpc) is 3.12. The van der Waals surface area contributed by atoms with E-state index >= 15 is 0 Å². The Morgan fingerprint density at radius 2 is 1.96 bits per heavy atom. The number of sulfonamides is 1. The van der Waals surface area contributed by atoms with Gasteiger partial charge in [0.1, 0.15) is 22.9 Å². The zero-order valence-corrected chi connectivity index (χ0v) is 15.7. The van der Waals surface area contributed by atoms with E-state index in [0.717, 1.165) is 30.4 Å². The van der Waals surface area contributed by atoms with Crippen molar-refractivity contribution in [2.75, 3.05) is 16.6 Å². The highest BCUT2D eigenvalue weighted by Crippen LogP contribution is 2.18. The lowest BCUT2D eigenvalue weighted by molar-refractivity contribution is 0.509. The molecular formula is C17H18F2N6O2S. The number of anilines is 2. The third kappa shape index (κ3) is 4.60. The van der Waals surface area contributed by atoms with Gasteiger partial charge in [-0.3, -0.25) is 4.72 Å². The largest absolute Gasteiger partial charge is 0.368 e. The minimum Gasteiger partial charge on any atom is -0.368 e. The minimum absolute atomic E-state index is 0.0817. The molecule has 3 aromatic rings. The number of nitrogens with zero attached hydrogens (tertiary/aromatic N) is 4. The molecule has 0 radical (unpaired) electrons. The summed E-state index contributed by atoms with van der Waals surface area (Å²) in [6.45, 7) is 3.18. The van der Waals surface area contributed by atoms with Crippen LogP contribution in [0.15, 0.2) is 47.8 Å². The molecule has 2 aromatic heterocycles. The van der Waals surface area contributed by atoms with Gasteiger partial charge in [-0.15, -0.1) is 10.2 Å². The number of halogens is 2. The van der Waals surface area contributed by atoms with Crippen LogP contribution in [0.1, 0.15) is 12.7 Å². The number of pyridine rings is 1. The molecule has 148 valence electrons. The molecule has 0 unspecified atom stereocenters. The predicted molar refractivity (Wildman–Crippen MR) is 99.3 cm³/mol. The van der Waals surface area contributed by atoms with Gasteiger partial charge in [0, 0.05) is 31.8 Å². The molecule has 0 aliphatic carbocycles. The molecule has 0 atom stereocenters. The zero-order chi connectivity index (χ0) is 20.1. The van der Waals surface area contributed by atoms with Crippen LogP contribution in [0.3, 0.4) is 0 Å². The summed E-state index contributed by atoms with van der Waals surface area (Å²) < 4.78 is 55.0. The van der Waals surface area contributed by atoms with E-state index in [1.807, 2.05) is 11.5 Å². The van der Waals surface area contributed by atoms with E-state index in [9.17, 15) is 17.2 Å². The lowest BCUT2D eigenvalue weighted by Gasteiger charge is -2.10. The molecule has 2 N–H and O–H groups in total. The van der Waals surface area contributed by atoms with Crippen molar-refractivity contribution in [2.45, 2.75) is 24.8 Å². The smallest absolute Gasteiger partial charge is 0.263 e. The minimum atomic E-state index is -3.97. The second-order valence-electron chi connectivity index (χ2n) is 5.83. The van der Waals surface area contributed by atoms with E-state index in [0.29, 0.717) is 18.9 Å². The molecule has 1 aromatic carbocycles. The second kappa shape index (κ2) is 8.30. The van der Waals surface area contributed by atoms with E-state index in [-0.39, 0.29) is 10.6 Å². The van der Waals surface area contributed by atoms with Crippen molar-refractivity contribution in [3.05, 3.63) is 60.3 Å². The molecule has 0 spiro atoms. The fourth-order valence-corrected chi connectivity index (χ4v) is 3.46. The van der Waals surface area contributed by atoms with E-state index in [2.05, 4.69) is 25.2 Å². The molecule has 0 saturated carbocycles. The van der Waals surface area contributed by atoms with Gasteiger partial charge in [0.25, 0.3) is 10.0 Å².